The molecule has 0 heterocycles. The Balaban J connectivity index is 0.000000316. The molecule has 0 aliphatic rings. The van der Waals surface area contributed by atoms with Gasteiger partial charge in [-0.3, -0.25) is 9.59 Å². The standard InChI is InChI=1S/C20H19F3N4O2S.C20H19F3N4O2/c21-20(22,23)30-16-9-7-15(8-10-16)26-19(29)27-17(18(28)25-12-4-11-24)13-14-5-2-1-3-6-14;21-20(22,23)15-7-9-16(10-8-15)26-19(29)27-17(18(28)25-12-4-11-24)13-14-5-2-1-3-6-14/h1-3,5-10,17H,4,12-13H2,(H,25,28)(H2,26,27,29);1-3,5-10,17H,4,12-13H2,(H,25,28)(H2,26,27,29). The van der Waals surface area contributed by atoms with Gasteiger partial charge >= 0.3 is 23.7 Å². The van der Waals surface area contributed by atoms with Crippen LogP contribution in [0.15, 0.2) is 114 Å². The van der Waals surface area contributed by atoms with Crippen LogP contribution in [0.1, 0.15) is 29.5 Å². The van der Waals surface area contributed by atoms with E-state index in [0.717, 1.165) is 35.4 Å². The van der Waals surface area contributed by atoms with Gasteiger partial charge < -0.3 is 31.9 Å². The SMILES string of the molecule is N#CCCNC(=O)C(Cc1ccccc1)NC(=O)Nc1ccc(C(F)(F)F)cc1.N#CCCNC(=O)C(Cc1ccccc1)NC(=O)Nc1ccc(SC(F)(F)F)cc1. The Hall–Kier alpha value is -6.73. The van der Waals surface area contributed by atoms with Gasteiger partial charge in [0.15, 0.2) is 0 Å². The first-order chi connectivity index (χ1) is 28.1. The summed E-state index contributed by atoms with van der Waals surface area (Å²) in [7, 11) is 0. The summed E-state index contributed by atoms with van der Waals surface area (Å²) < 4.78 is 75.0. The quantitative estimate of drug-likeness (QED) is 0.0406. The average Bonchev–Trinajstić information content (AvgIpc) is 3.18. The van der Waals surface area contributed by atoms with Crippen molar-refractivity contribution in [2.24, 2.45) is 0 Å². The molecule has 6 amide bonds. The van der Waals surface area contributed by atoms with E-state index in [4.69, 9.17) is 10.5 Å². The molecule has 4 aromatic rings. The fourth-order valence-electron chi connectivity index (χ4n) is 4.98. The second-order valence-corrected chi connectivity index (χ2v) is 13.4. The fourth-order valence-corrected chi connectivity index (χ4v) is 5.52. The van der Waals surface area contributed by atoms with Crippen molar-refractivity contribution in [1.82, 2.24) is 21.3 Å². The van der Waals surface area contributed by atoms with Gasteiger partial charge in [0.2, 0.25) is 11.8 Å². The summed E-state index contributed by atoms with van der Waals surface area (Å²) in [6.45, 7) is 0.297. The van der Waals surface area contributed by atoms with E-state index in [2.05, 4.69) is 31.9 Å². The third-order valence-electron chi connectivity index (χ3n) is 7.70. The summed E-state index contributed by atoms with van der Waals surface area (Å²) >= 11 is -0.251. The van der Waals surface area contributed by atoms with Crippen LogP contribution in [0.5, 0.6) is 0 Å². The number of hydrogen-bond donors (Lipinski definition) is 6. The molecule has 0 aromatic heterocycles. The number of anilines is 2. The number of thioether (sulfide) groups is 1. The van der Waals surface area contributed by atoms with Crippen LogP contribution >= 0.6 is 11.8 Å². The number of benzene rings is 4. The molecule has 0 saturated carbocycles. The van der Waals surface area contributed by atoms with Gasteiger partial charge in [0.25, 0.3) is 0 Å². The number of carbonyl (C=O) groups excluding carboxylic acids is 4. The number of nitriles is 2. The smallest absolute Gasteiger partial charge is 0.353 e. The van der Waals surface area contributed by atoms with Gasteiger partial charge in [0, 0.05) is 42.2 Å². The Morgan fingerprint density at radius 2 is 0.966 bits per heavy atom. The second-order valence-electron chi connectivity index (χ2n) is 12.2. The Labute approximate surface area is 339 Å². The molecule has 12 nitrogen and oxygen atoms in total. The molecule has 0 bridgehead atoms. The van der Waals surface area contributed by atoms with Crippen molar-refractivity contribution in [3.8, 4) is 12.1 Å². The van der Waals surface area contributed by atoms with Crippen molar-refractivity contribution in [3.05, 3.63) is 126 Å². The van der Waals surface area contributed by atoms with Gasteiger partial charge in [0.1, 0.15) is 12.1 Å². The van der Waals surface area contributed by atoms with Gasteiger partial charge in [-0.2, -0.15) is 36.9 Å². The summed E-state index contributed by atoms with van der Waals surface area (Å²) in [5, 5.41) is 32.3. The lowest BCUT2D eigenvalue weighted by molar-refractivity contribution is -0.137. The van der Waals surface area contributed by atoms with Gasteiger partial charge in [-0.1, -0.05) is 60.7 Å². The molecule has 6 N–H and O–H groups in total. The van der Waals surface area contributed by atoms with Gasteiger partial charge in [-0.05, 0) is 71.4 Å². The summed E-state index contributed by atoms with van der Waals surface area (Å²) in [6, 6.07) is 27.8. The molecule has 0 aliphatic heterocycles. The van der Waals surface area contributed by atoms with Crippen LogP contribution in [0.2, 0.25) is 0 Å². The summed E-state index contributed by atoms with van der Waals surface area (Å²) in [6.07, 6.45) is -3.77. The van der Waals surface area contributed by atoms with Gasteiger partial charge in [-0.25, -0.2) is 9.59 Å². The molecule has 0 radical (unpaired) electrons. The van der Waals surface area contributed by atoms with Crippen molar-refractivity contribution < 1.29 is 45.5 Å². The Morgan fingerprint density at radius 3 is 1.32 bits per heavy atom. The highest BCUT2D eigenvalue weighted by Crippen LogP contribution is 2.37. The molecule has 0 aliphatic carbocycles. The van der Waals surface area contributed by atoms with Crippen molar-refractivity contribution >= 4 is 47.0 Å². The van der Waals surface area contributed by atoms with Crippen LogP contribution in [0.3, 0.4) is 0 Å². The minimum absolute atomic E-state index is 0.00715. The maximum absolute atomic E-state index is 12.6. The van der Waals surface area contributed by atoms with E-state index in [9.17, 15) is 45.5 Å². The summed E-state index contributed by atoms with van der Waals surface area (Å²) in [5.74, 6) is -0.909. The van der Waals surface area contributed by atoms with Crippen molar-refractivity contribution in [1.29, 1.82) is 10.5 Å². The monoisotopic (exact) mass is 840 g/mol. The molecule has 310 valence electrons. The maximum Gasteiger partial charge on any atom is 0.446 e. The predicted octanol–water partition coefficient (Wildman–Crippen LogP) is 7.53. The zero-order chi connectivity index (χ0) is 43.3. The van der Waals surface area contributed by atoms with E-state index in [1.54, 1.807) is 36.4 Å². The second kappa shape index (κ2) is 23.5. The lowest BCUT2D eigenvalue weighted by Crippen LogP contribution is -2.49. The molecule has 4 rings (SSSR count). The lowest BCUT2D eigenvalue weighted by atomic mass is 10.1. The number of urea groups is 2. The summed E-state index contributed by atoms with van der Waals surface area (Å²) in [5.41, 5.74) is -3.16. The third-order valence-corrected chi connectivity index (χ3v) is 8.44. The number of nitrogens with zero attached hydrogens (tertiary/aromatic N) is 2. The number of alkyl halides is 6. The largest absolute Gasteiger partial charge is 0.446 e. The molecular formula is C40H38F6N8O4S. The first-order valence-corrected chi connectivity index (χ1v) is 18.4. The van der Waals surface area contributed by atoms with Crippen LogP contribution in [-0.2, 0) is 28.6 Å². The average molecular weight is 841 g/mol. The first-order valence-electron chi connectivity index (χ1n) is 17.6. The van der Waals surface area contributed by atoms with Crippen LogP contribution in [0.4, 0.5) is 47.3 Å². The van der Waals surface area contributed by atoms with Crippen LogP contribution in [-0.4, -0.2) is 54.6 Å². The molecule has 0 spiro atoms. The van der Waals surface area contributed by atoms with Crippen molar-refractivity contribution in [3.63, 3.8) is 0 Å². The zero-order valence-electron chi connectivity index (χ0n) is 31.0. The Bertz CT molecular complexity index is 2040. The molecule has 59 heavy (non-hydrogen) atoms. The highest BCUT2D eigenvalue weighted by atomic mass is 32.2. The van der Waals surface area contributed by atoms with Crippen LogP contribution < -0.4 is 31.9 Å². The number of nitrogens with one attached hydrogen (secondary N) is 6. The van der Waals surface area contributed by atoms with E-state index in [1.807, 2.05) is 36.4 Å². The number of carbonyl (C=O) groups is 4. The summed E-state index contributed by atoms with van der Waals surface area (Å²) in [4.78, 5) is 49.4. The third kappa shape index (κ3) is 18.4. The van der Waals surface area contributed by atoms with Crippen molar-refractivity contribution in [2.75, 3.05) is 23.7 Å². The van der Waals surface area contributed by atoms with Crippen molar-refractivity contribution in [2.45, 2.75) is 54.3 Å². The van der Waals surface area contributed by atoms with E-state index >= 15 is 0 Å². The Kier molecular flexibility index (Phi) is 18.6. The van der Waals surface area contributed by atoms with Crippen LogP contribution in [0.25, 0.3) is 0 Å². The van der Waals surface area contributed by atoms with Gasteiger partial charge in [-0.15, -0.1) is 0 Å². The molecular weight excluding hydrogens is 803 g/mol. The number of amides is 6. The molecule has 19 heteroatoms. The topological polar surface area (TPSA) is 188 Å². The Morgan fingerprint density at radius 1 is 0.576 bits per heavy atom. The molecule has 4 aromatic carbocycles. The zero-order valence-corrected chi connectivity index (χ0v) is 31.8. The first kappa shape index (κ1) is 46.7. The molecule has 0 fully saturated rings. The van der Waals surface area contributed by atoms with E-state index in [-0.39, 0.29) is 66.8 Å². The fraction of sp³-hybridized carbons (Fsp3) is 0.250. The molecule has 0 saturated heterocycles. The van der Waals surface area contributed by atoms with E-state index in [0.29, 0.717) is 0 Å². The molecule has 2 atom stereocenters. The lowest BCUT2D eigenvalue weighted by Gasteiger charge is -2.19. The van der Waals surface area contributed by atoms with E-state index < -0.39 is 53.2 Å². The van der Waals surface area contributed by atoms with Gasteiger partial charge in [0.05, 0.1) is 30.5 Å². The predicted molar refractivity (Wildman–Crippen MR) is 208 cm³/mol. The maximum atomic E-state index is 12.6. The van der Waals surface area contributed by atoms with Crippen LogP contribution in [0, 0.1) is 22.7 Å². The van der Waals surface area contributed by atoms with E-state index in [1.165, 1.54) is 24.3 Å². The number of rotatable bonds is 15. The number of hydrogen-bond acceptors (Lipinski definition) is 7. The highest BCUT2D eigenvalue weighted by molar-refractivity contribution is 8.00. The minimum Gasteiger partial charge on any atom is -0.353 e. The normalized spacial score (nSPS) is 11.8. The number of halogens is 6. The molecule has 2 unspecified atom stereocenters. The minimum atomic E-state index is -4.47. The highest BCUT2D eigenvalue weighted by Gasteiger charge is 2.31.